The highest BCUT2D eigenvalue weighted by atomic mass is 32.2. The van der Waals surface area contributed by atoms with Gasteiger partial charge in [0.25, 0.3) is 17.7 Å². The number of fused-ring (bicyclic) bond motifs is 1. The first-order chi connectivity index (χ1) is 12.4. The number of nitrogens with zero attached hydrogens (tertiary/aromatic N) is 1. The van der Waals surface area contributed by atoms with Crippen molar-refractivity contribution in [2.75, 3.05) is 12.0 Å². The van der Waals surface area contributed by atoms with E-state index in [4.69, 9.17) is 16.2 Å². The molecule has 0 saturated carbocycles. The average molecular weight is 393 g/mol. The van der Waals surface area contributed by atoms with Gasteiger partial charge in [-0.05, 0) is 39.2 Å². The zero-order valence-corrected chi connectivity index (χ0v) is 16.5. The second-order valence-electron chi connectivity index (χ2n) is 7.15. The standard InChI is InChI=1S/C18H23N3O5S/c1-17(2,3)26-12(22)8-9-18(27-4,16(20)25)21-14(23)10-6-5-7-11(19)13(10)15(21)24/h5-7H,8-9,19H2,1-4H3,(H2,20,25). The van der Waals surface area contributed by atoms with Crippen LogP contribution in [0.25, 0.3) is 0 Å². The van der Waals surface area contributed by atoms with Crippen molar-refractivity contribution in [2.24, 2.45) is 5.73 Å². The lowest BCUT2D eigenvalue weighted by Crippen LogP contribution is -2.57. The van der Waals surface area contributed by atoms with Crippen molar-refractivity contribution in [1.82, 2.24) is 4.90 Å². The number of carbonyl (C=O) groups excluding carboxylic acids is 4. The van der Waals surface area contributed by atoms with Gasteiger partial charge >= 0.3 is 5.97 Å². The third-order valence-electron chi connectivity index (χ3n) is 4.12. The SMILES string of the molecule is CSC(CCC(=O)OC(C)(C)C)(C(N)=O)N1C(=O)c2cccc(N)c2C1=O. The maximum atomic E-state index is 12.9. The summed E-state index contributed by atoms with van der Waals surface area (Å²) in [5.41, 5.74) is 11.0. The first-order valence-corrected chi connectivity index (χ1v) is 9.51. The summed E-state index contributed by atoms with van der Waals surface area (Å²) in [5.74, 6) is -2.82. The minimum Gasteiger partial charge on any atom is -0.460 e. The van der Waals surface area contributed by atoms with Crippen LogP contribution in [-0.4, -0.2) is 45.3 Å². The number of imide groups is 1. The summed E-state index contributed by atoms with van der Waals surface area (Å²) in [6.07, 6.45) is 1.19. The Bertz CT molecular complexity index is 818. The maximum absolute atomic E-state index is 12.9. The van der Waals surface area contributed by atoms with E-state index in [2.05, 4.69) is 0 Å². The number of nitrogen functional groups attached to an aromatic ring is 1. The fourth-order valence-corrected chi connectivity index (χ4v) is 3.80. The van der Waals surface area contributed by atoms with E-state index in [9.17, 15) is 19.2 Å². The van der Waals surface area contributed by atoms with Gasteiger partial charge in [-0.15, -0.1) is 11.8 Å². The van der Waals surface area contributed by atoms with Crippen molar-refractivity contribution in [2.45, 2.75) is 44.1 Å². The van der Waals surface area contributed by atoms with Gasteiger partial charge < -0.3 is 16.2 Å². The summed E-state index contributed by atoms with van der Waals surface area (Å²) >= 11 is 0.928. The van der Waals surface area contributed by atoms with Crippen molar-refractivity contribution in [1.29, 1.82) is 0 Å². The predicted molar refractivity (Wildman–Crippen MR) is 102 cm³/mol. The fourth-order valence-electron chi connectivity index (χ4n) is 2.94. The zero-order valence-electron chi connectivity index (χ0n) is 15.7. The number of thioether (sulfide) groups is 1. The summed E-state index contributed by atoms with van der Waals surface area (Å²) < 4.78 is 5.25. The molecule has 1 aliphatic rings. The van der Waals surface area contributed by atoms with Gasteiger partial charge in [0.2, 0.25) is 0 Å². The van der Waals surface area contributed by atoms with E-state index < -0.39 is 34.2 Å². The van der Waals surface area contributed by atoms with Gasteiger partial charge in [0.15, 0.2) is 4.87 Å². The molecule has 0 spiro atoms. The Hall–Kier alpha value is -2.55. The number of rotatable bonds is 6. The molecule has 146 valence electrons. The van der Waals surface area contributed by atoms with Crippen LogP contribution in [0, 0.1) is 0 Å². The van der Waals surface area contributed by atoms with Gasteiger partial charge in [0.05, 0.1) is 11.1 Å². The number of primary amides is 1. The van der Waals surface area contributed by atoms with Gasteiger partial charge in [0.1, 0.15) is 5.60 Å². The molecule has 0 aliphatic carbocycles. The van der Waals surface area contributed by atoms with Gasteiger partial charge in [-0.2, -0.15) is 0 Å². The molecule has 1 aromatic rings. The average Bonchev–Trinajstić information content (AvgIpc) is 2.80. The molecular formula is C18H23N3O5S. The number of benzene rings is 1. The zero-order chi connectivity index (χ0) is 20.6. The molecule has 3 amide bonds. The molecule has 0 fully saturated rings. The van der Waals surface area contributed by atoms with Gasteiger partial charge in [-0.25, -0.2) is 4.90 Å². The molecule has 0 aromatic heterocycles. The summed E-state index contributed by atoms with van der Waals surface area (Å²) in [6, 6.07) is 4.51. The van der Waals surface area contributed by atoms with E-state index in [0.717, 1.165) is 16.7 Å². The lowest BCUT2D eigenvalue weighted by atomic mass is 10.1. The van der Waals surface area contributed by atoms with Crippen LogP contribution < -0.4 is 11.5 Å². The second-order valence-corrected chi connectivity index (χ2v) is 8.24. The number of hydrogen-bond donors (Lipinski definition) is 2. The molecule has 1 unspecified atom stereocenters. The molecule has 1 atom stereocenters. The normalized spacial score (nSPS) is 16.1. The van der Waals surface area contributed by atoms with Crippen LogP contribution in [0.3, 0.4) is 0 Å². The molecule has 9 heteroatoms. The number of anilines is 1. The van der Waals surface area contributed by atoms with Crippen LogP contribution in [0.1, 0.15) is 54.3 Å². The summed E-state index contributed by atoms with van der Waals surface area (Å²) in [6.45, 7) is 5.15. The highest BCUT2D eigenvalue weighted by molar-refractivity contribution is 8.00. The third kappa shape index (κ3) is 3.78. The molecule has 0 radical (unpaired) electrons. The maximum Gasteiger partial charge on any atom is 0.306 e. The van der Waals surface area contributed by atoms with Crippen LogP contribution in [0.15, 0.2) is 18.2 Å². The van der Waals surface area contributed by atoms with E-state index >= 15 is 0 Å². The van der Waals surface area contributed by atoms with E-state index in [1.807, 2.05) is 0 Å². The Morgan fingerprint density at radius 3 is 2.30 bits per heavy atom. The van der Waals surface area contributed by atoms with Gasteiger partial charge in [0, 0.05) is 18.5 Å². The predicted octanol–water partition coefficient (Wildman–Crippen LogP) is 1.53. The fraction of sp³-hybridized carbons (Fsp3) is 0.444. The van der Waals surface area contributed by atoms with E-state index in [1.54, 1.807) is 33.1 Å². The molecule has 2 rings (SSSR count). The number of hydrogen-bond acceptors (Lipinski definition) is 7. The number of carbonyl (C=O) groups is 4. The monoisotopic (exact) mass is 393 g/mol. The smallest absolute Gasteiger partial charge is 0.306 e. The Labute approximate surface area is 161 Å². The molecule has 1 heterocycles. The lowest BCUT2D eigenvalue weighted by Gasteiger charge is -2.36. The van der Waals surface area contributed by atoms with Crippen LogP contribution >= 0.6 is 11.8 Å². The molecule has 0 bridgehead atoms. The van der Waals surface area contributed by atoms with Gasteiger partial charge in [-0.3, -0.25) is 19.2 Å². The topological polar surface area (TPSA) is 133 Å². The van der Waals surface area contributed by atoms with Crippen LogP contribution in [0.5, 0.6) is 0 Å². The molecule has 1 aromatic carbocycles. The molecular weight excluding hydrogens is 370 g/mol. The van der Waals surface area contributed by atoms with Crippen molar-refractivity contribution in [3.63, 3.8) is 0 Å². The minimum absolute atomic E-state index is 0.0412. The lowest BCUT2D eigenvalue weighted by molar-refractivity contribution is -0.155. The Kier molecular flexibility index (Phi) is 5.55. The highest BCUT2D eigenvalue weighted by Gasteiger charge is 2.53. The second kappa shape index (κ2) is 7.22. The van der Waals surface area contributed by atoms with Crippen LogP contribution in [-0.2, 0) is 14.3 Å². The van der Waals surface area contributed by atoms with Gasteiger partial charge in [-0.1, -0.05) is 6.07 Å². The Morgan fingerprint density at radius 2 is 1.81 bits per heavy atom. The van der Waals surface area contributed by atoms with Crippen molar-refractivity contribution < 1.29 is 23.9 Å². The van der Waals surface area contributed by atoms with Crippen molar-refractivity contribution in [3.05, 3.63) is 29.3 Å². The molecule has 27 heavy (non-hydrogen) atoms. The Balaban J connectivity index is 2.39. The van der Waals surface area contributed by atoms with Crippen LogP contribution in [0.2, 0.25) is 0 Å². The number of amides is 3. The molecule has 4 N–H and O–H groups in total. The van der Waals surface area contributed by atoms with Crippen molar-refractivity contribution in [3.8, 4) is 0 Å². The largest absolute Gasteiger partial charge is 0.460 e. The number of ether oxygens (including phenoxy) is 1. The van der Waals surface area contributed by atoms with E-state index in [1.165, 1.54) is 12.1 Å². The molecule has 1 aliphatic heterocycles. The molecule has 8 nitrogen and oxygen atoms in total. The molecule has 0 saturated heterocycles. The van der Waals surface area contributed by atoms with Crippen LogP contribution in [0.4, 0.5) is 5.69 Å². The van der Waals surface area contributed by atoms with E-state index in [-0.39, 0.29) is 29.7 Å². The summed E-state index contributed by atoms with van der Waals surface area (Å²) in [4.78, 5) is 49.3. The first kappa shape index (κ1) is 20.8. The highest BCUT2D eigenvalue weighted by Crippen LogP contribution is 2.40. The minimum atomic E-state index is -1.73. The summed E-state index contributed by atoms with van der Waals surface area (Å²) in [7, 11) is 0. The Morgan fingerprint density at radius 1 is 1.19 bits per heavy atom. The quantitative estimate of drug-likeness (QED) is 0.425. The summed E-state index contributed by atoms with van der Waals surface area (Å²) in [5, 5.41) is 0. The number of esters is 1. The number of nitrogens with two attached hydrogens (primary N) is 2. The first-order valence-electron chi connectivity index (χ1n) is 8.29. The van der Waals surface area contributed by atoms with Crippen molar-refractivity contribution >= 4 is 41.1 Å². The third-order valence-corrected chi connectivity index (χ3v) is 5.38. The van der Waals surface area contributed by atoms with E-state index in [0.29, 0.717) is 0 Å².